The first-order valence-corrected chi connectivity index (χ1v) is 6.00. The van der Waals surface area contributed by atoms with Crippen LogP contribution >= 0.6 is 27.5 Å². The van der Waals surface area contributed by atoms with Gasteiger partial charge >= 0.3 is 0 Å². The summed E-state index contributed by atoms with van der Waals surface area (Å²) < 4.78 is 0.793. The molecular weight excluding hydrogens is 304 g/mol. The number of amides is 1. The van der Waals surface area contributed by atoms with Gasteiger partial charge in [-0.05, 0) is 46.3 Å². The molecule has 0 bridgehead atoms. The molecule has 0 aliphatic carbocycles. The van der Waals surface area contributed by atoms with E-state index in [9.17, 15) is 4.79 Å². The number of pyridine rings is 1. The number of hydrogen-bond donors (Lipinski definition) is 1. The topological polar surface area (TPSA) is 42.0 Å². The van der Waals surface area contributed by atoms with Crippen molar-refractivity contribution >= 4 is 39.1 Å². The Kier molecular flexibility index (Phi) is 3.76. The van der Waals surface area contributed by atoms with Crippen LogP contribution in [0.15, 0.2) is 47.2 Å². The molecule has 0 saturated carbocycles. The smallest absolute Gasteiger partial charge is 0.255 e. The molecule has 17 heavy (non-hydrogen) atoms. The molecule has 0 saturated heterocycles. The lowest BCUT2D eigenvalue weighted by molar-refractivity contribution is 0.102. The fourth-order valence-corrected chi connectivity index (χ4v) is 1.71. The number of hydrogen-bond acceptors (Lipinski definition) is 2. The maximum atomic E-state index is 11.8. The van der Waals surface area contributed by atoms with Crippen LogP contribution in [0.3, 0.4) is 0 Å². The van der Waals surface area contributed by atoms with Crippen LogP contribution in [0.1, 0.15) is 10.4 Å². The minimum absolute atomic E-state index is 0.189. The monoisotopic (exact) mass is 310 g/mol. The van der Waals surface area contributed by atoms with Gasteiger partial charge in [0.25, 0.3) is 5.91 Å². The molecular formula is C12H8BrClN2O. The van der Waals surface area contributed by atoms with E-state index < -0.39 is 0 Å². The Morgan fingerprint density at radius 3 is 2.59 bits per heavy atom. The molecule has 2 rings (SSSR count). The molecule has 1 aromatic heterocycles. The molecule has 1 amide bonds. The number of benzene rings is 1. The fraction of sp³-hybridized carbons (Fsp3) is 0. The fourth-order valence-electron chi connectivity index (χ4n) is 1.28. The Bertz CT molecular complexity index is 545. The molecule has 0 radical (unpaired) electrons. The second-order valence-corrected chi connectivity index (χ2v) is 4.58. The summed E-state index contributed by atoms with van der Waals surface area (Å²) in [5.74, 6) is -0.189. The van der Waals surface area contributed by atoms with Gasteiger partial charge in [-0.25, -0.2) is 0 Å². The van der Waals surface area contributed by atoms with Gasteiger partial charge in [0.2, 0.25) is 0 Å². The Morgan fingerprint density at radius 1 is 1.24 bits per heavy atom. The van der Waals surface area contributed by atoms with Crippen molar-refractivity contribution in [3.8, 4) is 0 Å². The first-order chi connectivity index (χ1) is 8.16. The van der Waals surface area contributed by atoms with Gasteiger partial charge in [-0.1, -0.05) is 11.6 Å². The predicted octanol–water partition coefficient (Wildman–Crippen LogP) is 3.75. The summed E-state index contributed by atoms with van der Waals surface area (Å²) in [7, 11) is 0. The summed E-state index contributed by atoms with van der Waals surface area (Å²) in [4.78, 5) is 15.7. The number of carbonyl (C=O) groups is 1. The number of anilines is 1. The van der Waals surface area contributed by atoms with Crippen molar-refractivity contribution in [1.82, 2.24) is 4.98 Å². The first-order valence-electron chi connectivity index (χ1n) is 4.83. The van der Waals surface area contributed by atoms with Gasteiger partial charge in [-0.15, -0.1) is 0 Å². The van der Waals surface area contributed by atoms with Gasteiger partial charge in [0, 0.05) is 28.1 Å². The third kappa shape index (κ3) is 3.05. The molecule has 0 fully saturated rings. The highest BCUT2D eigenvalue weighted by Crippen LogP contribution is 2.25. The van der Waals surface area contributed by atoms with Crippen molar-refractivity contribution in [2.75, 3.05) is 5.32 Å². The van der Waals surface area contributed by atoms with Crippen LogP contribution in [0.5, 0.6) is 0 Å². The standard InChI is InChI=1S/C12H8BrClN2O/c13-10-2-1-9(7-11(10)14)16-12(17)8-3-5-15-6-4-8/h1-7H,(H,16,17). The molecule has 0 aliphatic rings. The van der Waals surface area contributed by atoms with Crippen LogP contribution in [0.25, 0.3) is 0 Å². The molecule has 0 spiro atoms. The maximum Gasteiger partial charge on any atom is 0.255 e. The second kappa shape index (κ2) is 5.29. The van der Waals surface area contributed by atoms with Crippen LogP contribution in [-0.2, 0) is 0 Å². The molecule has 86 valence electrons. The zero-order chi connectivity index (χ0) is 12.3. The van der Waals surface area contributed by atoms with E-state index in [2.05, 4.69) is 26.2 Å². The van der Waals surface area contributed by atoms with Crippen LogP contribution in [0.2, 0.25) is 5.02 Å². The third-order valence-corrected chi connectivity index (χ3v) is 3.35. The lowest BCUT2D eigenvalue weighted by Crippen LogP contribution is -2.11. The van der Waals surface area contributed by atoms with E-state index in [0.29, 0.717) is 16.3 Å². The molecule has 1 aromatic carbocycles. The Morgan fingerprint density at radius 2 is 1.94 bits per heavy atom. The van der Waals surface area contributed by atoms with E-state index in [0.717, 1.165) is 4.47 Å². The van der Waals surface area contributed by atoms with Crippen molar-refractivity contribution < 1.29 is 4.79 Å². The van der Waals surface area contributed by atoms with E-state index >= 15 is 0 Å². The zero-order valence-electron chi connectivity index (χ0n) is 8.65. The molecule has 2 aromatic rings. The largest absolute Gasteiger partial charge is 0.322 e. The summed E-state index contributed by atoms with van der Waals surface area (Å²) in [5, 5.41) is 3.31. The van der Waals surface area contributed by atoms with Crippen LogP contribution in [0.4, 0.5) is 5.69 Å². The number of halogens is 2. The highest BCUT2D eigenvalue weighted by Gasteiger charge is 2.06. The minimum Gasteiger partial charge on any atom is -0.322 e. The molecule has 3 nitrogen and oxygen atoms in total. The number of nitrogens with zero attached hydrogens (tertiary/aromatic N) is 1. The predicted molar refractivity (Wildman–Crippen MR) is 71.3 cm³/mol. The lowest BCUT2D eigenvalue weighted by atomic mass is 10.2. The maximum absolute atomic E-state index is 11.8. The van der Waals surface area contributed by atoms with Crippen molar-refractivity contribution in [2.24, 2.45) is 0 Å². The van der Waals surface area contributed by atoms with Gasteiger partial charge < -0.3 is 5.32 Å². The number of aromatic nitrogens is 1. The van der Waals surface area contributed by atoms with E-state index in [-0.39, 0.29) is 5.91 Å². The molecule has 0 unspecified atom stereocenters. The first kappa shape index (κ1) is 12.1. The van der Waals surface area contributed by atoms with Gasteiger partial charge in [0.15, 0.2) is 0 Å². The Hall–Kier alpha value is -1.39. The Labute approximate surface area is 112 Å². The summed E-state index contributed by atoms with van der Waals surface area (Å²) in [6, 6.07) is 8.54. The van der Waals surface area contributed by atoms with E-state index in [1.165, 1.54) is 0 Å². The second-order valence-electron chi connectivity index (χ2n) is 3.32. The summed E-state index contributed by atoms with van der Waals surface area (Å²) in [6.45, 7) is 0. The summed E-state index contributed by atoms with van der Waals surface area (Å²) in [6.07, 6.45) is 3.15. The van der Waals surface area contributed by atoms with Crippen LogP contribution in [-0.4, -0.2) is 10.9 Å². The van der Waals surface area contributed by atoms with E-state index in [1.54, 1.807) is 42.7 Å². The average Bonchev–Trinajstić information content (AvgIpc) is 2.35. The normalized spacial score (nSPS) is 10.0. The SMILES string of the molecule is O=C(Nc1ccc(Br)c(Cl)c1)c1ccncc1. The lowest BCUT2D eigenvalue weighted by Gasteiger charge is -2.06. The summed E-state index contributed by atoms with van der Waals surface area (Å²) in [5.41, 5.74) is 1.21. The van der Waals surface area contributed by atoms with E-state index in [1.807, 2.05) is 0 Å². The minimum atomic E-state index is -0.189. The van der Waals surface area contributed by atoms with Gasteiger partial charge in [0.05, 0.1) is 5.02 Å². The van der Waals surface area contributed by atoms with Gasteiger partial charge in [-0.2, -0.15) is 0 Å². The van der Waals surface area contributed by atoms with Crippen molar-refractivity contribution in [2.45, 2.75) is 0 Å². The van der Waals surface area contributed by atoms with Gasteiger partial charge in [0.1, 0.15) is 0 Å². The highest BCUT2D eigenvalue weighted by atomic mass is 79.9. The third-order valence-electron chi connectivity index (χ3n) is 2.12. The highest BCUT2D eigenvalue weighted by molar-refractivity contribution is 9.10. The molecule has 0 atom stereocenters. The number of carbonyl (C=O) groups excluding carboxylic acids is 1. The van der Waals surface area contributed by atoms with Crippen LogP contribution in [0, 0.1) is 0 Å². The quantitative estimate of drug-likeness (QED) is 0.918. The number of nitrogens with one attached hydrogen (secondary N) is 1. The van der Waals surface area contributed by atoms with E-state index in [4.69, 9.17) is 11.6 Å². The van der Waals surface area contributed by atoms with Crippen molar-refractivity contribution in [1.29, 1.82) is 0 Å². The zero-order valence-corrected chi connectivity index (χ0v) is 11.0. The molecule has 1 heterocycles. The number of rotatable bonds is 2. The Balaban J connectivity index is 2.16. The van der Waals surface area contributed by atoms with Gasteiger partial charge in [-0.3, -0.25) is 9.78 Å². The molecule has 1 N–H and O–H groups in total. The summed E-state index contributed by atoms with van der Waals surface area (Å²) >= 11 is 9.22. The van der Waals surface area contributed by atoms with Crippen molar-refractivity contribution in [3.63, 3.8) is 0 Å². The average molecular weight is 312 g/mol. The van der Waals surface area contributed by atoms with Crippen molar-refractivity contribution in [3.05, 3.63) is 57.8 Å². The molecule has 0 aliphatic heterocycles. The molecule has 5 heteroatoms. The van der Waals surface area contributed by atoms with Crippen LogP contribution < -0.4 is 5.32 Å².